The maximum absolute atomic E-state index is 12.7. The third kappa shape index (κ3) is 6.89. The Hall–Kier alpha value is -4.20. The summed E-state index contributed by atoms with van der Waals surface area (Å²) in [6, 6.07) is 11.1. The average Bonchev–Trinajstić information content (AvgIpc) is 3.26. The number of rotatable bonds is 9. The van der Waals surface area contributed by atoms with Crippen LogP contribution in [0.3, 0.4) is 0 Å². The van der Waals surface area contributed by atoms with E-state index in [0.717, 1.165) is 0 Å². The van der Waals surface area contributed by atoms with E-state index in [1.807, 2.05) is 4.72 Å². The van der Waals surface area contributed by atoms with Crippen molar-refractivity contribution in [3.8, 4) is 17.0 Å². The minimum Gasteiger partial charge on any atom is -0.485 e. The summed E-state index contributed by atoms with van der Waals surface area (Å²) in [6.07, 6.45) is 1.21. The molecule has 0 saturated heterocycles. The number of aromatic nitrogens is 5. The van der Waals surface area contributed by atoms with Gasteiger partial charge in [-0.25, -0.2) is 13.4 Å². The minimum atomic E-state index is -4.90. The second-order valence-electron chi connectivity index (χ2n) is 7.18. The zero-order valence-electron chi connectivity index (χ0n) is 17.8. The third-order valence-corrected chi connectivity index (χ3v) is 5.65. The molecule has 0 aliphatic carbocycles. The molecule has 0 amide bonds. The van der Waals surface area contributed by atoms with E-state index in [9.17, 15) is 21.6 Å². The molecule has 0 spiro atoms. The first kappa shape index (κ1) is 23.9. The van der Waals surface area contributed by atoms with Gasteiger partial charge in [0.15, 0.2) is 11.6 Å². The Morgan fingerprint density at radius 1 is 1.00 bits per heavy atom. The molecule has 0 radical (unpaired) electrons. The van der Waals surface area contributed by atoms with Crippen molar-refractivity contribution in [1.29, 1.82) is 0 Å². The number of benzene rings is 1. The summed E-state index contributed by atoms with van der Waals surface area (Å²) in [5, 5.41) is 9.93. The first-order chi connectivity index (χ1) is 16.7. The molecule has 3 aromatic heterocycles. The van der Waals surface area contributed by atoms with E-state index in [1.54, 1.807) is 30.5 Å². The van der Waals surface area contributed by atoms with E-state index in [0.29, 0.717) is 28.6 Å². The summed E-state index contributed by atoms with van der Waals surface area (Å²) in [5.74, 6) is -1.11. The molecule has 14 heteroatoms. The molecule has 0 bridgehead atoms. The topological polar surface area (TPSA) is 135 Å². The Morgan fingerprint density at radius 3 is 2.57 bits per heavy atom. The number of halogens is 3. The number of ether oxygens (including phenoxy) is 1. The summed E-state index contributed by atoms with van der Waals surface area (Å²) in [5.41, 5.74) is 1.47. The van der Waals surface area contributed by atoms with Gasteiger partial charge in [-0.1, -0.05) is 12.1 Å². The molecule has 35 heavy (non-hydrogen) atoms. The number of aromatic amines is 1. The van der Waals surface area contributed by atoms with Gasteiger partial charge >= 0.3 is 6.18 Å². The van der Waals surface area contributed by atoms with Crippen LogP contribution in [0, 0.1) is 0 Å². The number of pyridine rings is 1. The van der Waals surface area contributed by atoms with Gasteiger partial charge in [0, 0.05) is 30.2 Å². The molecule has 0 fully saturated rings. The highest BCUT2D eigenvalue weighted by molar-refractivity contribution is 7.92. The smallest absolute Gasteiger partial charge is 0.404 e. The fourth-order valence-electron chi connectivity index (χ4n) is 2.98. The Balaban J connectivity index is 1.60. The van der Waals surface area contributed by atoms with Crippen LogP contribution in [0.15, 0.2) is 67.3 Å². The highest BCUT2D eigenvalue weighted by Crippen LogP contribution is 2.33. The van der Waals surface area contributed by atoms with Crippen LogP contribution in [0.1, 0.15) is 5.69 Å². The van der Waals surface area contributed by atoms with Crippen molar-refractivity contribution in [1.82, 2.24) is 25.1 Å². The van der Waals surface area contributed by atoms with Crippen molar-refractivity contribution in [2.24, 2.45) is 0 Å². The molecule has 182 valence electrons. The largest absolute Gasteiger partial charge is 0.485 e. The Labute approximate surface area is 197 Å². The molecule has 0 aliphatic rings. The molecule has 0 atom stereocenters. The molecule has 3 heterocycles. The second-order valence-corrected chi connectivity index (χ2v) is 8.90. The molecule has 0 unspecified atom stereocenters. The maximum atomic E-state index is 12.7. The lowest BCUT2D eigenvalue weighted by atomic mass is 10.1. The van der Waals surface area contributed by atoms with Gasteiger partial charge in [0.05, 0.1) is 23.3 Å². The highest BCUT2D eigenvalue weighted by Gasteiger charge is 2.35. The van der Waals surface area contributed by atoms with Crippen LogP contribution < -0.4 is 14.8 Å². The van der Waals surface area contributed by atoms with E-state index in [1.165, 1.54) is 36.8 Å². The van der Waals surface area contributed by atoms with E-state index < -0.39 is 22.0 Å². The van der Waals surface area contributed by atoms with Crippen molar-refractivity contribution >= 4 is 27.3 Å². The van der Waals surface area contributed by atoms with Crippen LogP contribution in [0.25, 0.3) is 11.3 Å². The van der Waals surface area contributed by atoms with Crippen LogP contribution in [0.2, 0.25) is 0 Å². The Kier molecular flexibility index (Phi) is 6.82. The third-order valence-electron chi connectivity index (χ3n) is 4.41. The average molecular weight is 505 g/mol. The van der Waals surface area contributed by atoms with Crippen LogP contribution in [-0.2, 0) is 16.6 Å². The normalized spacial score (nSPS) is 11.7. The van der Waals surface area contributed by atoms with Gasteiger partial charge in [0.25, 0.3) is 0 Å². The number of hydrogen-bond acceptors (Lipinski definition) is 8. The van der Waals surface area contributed by atoms with Crippen molar-refractivity contribution in [3.63, 3.8) is 0 Å². The van der Waals surface area contributed by atoms with Gasteiger partial charge in [0.1, 0.15) is 18.2 Å². The van der Waals surface area contributed by atoms with Crippen molar-refractivity contribution < 1.29 is 26.3 Å². The first-order valence-electron chi connectivity index (χ1n) is 10.00. The predicted molar refractivity (Wildman–Crippen MR) is 121 cm³/mol. The maximum Gasteiger partial charge on any atom is 0.404 e. The standard InChI is InChI=1S/C21H18F3N7O3S/c22-21(23,24)13-35(32,33)31-16-5-4-14(9-18(16)34-12-15-3-1-2-6-26-15)17-10-19(30-29-17)28-20-11-25-7-8-27-20/h1-11,31H,12-13H2,(H2,27,28,29,30). The lowest BCUT2D eigenvalue weighted by Gasteiger charge is -2.15. The zero-order chi connectivity index (χ0) is 24.9. The van der Waals surface area contributed by atoms with Gasteiger partial charge in [-0.2, -0.15) is 18.3 Å². The number of nitrogens with zero attached hydrogens (tertiary/aromatic N) is 4. The lowest BCUT2D eigenvalue weighted by molar-refractivity contribution is -0.106. The molecular weight excluding hydrogens is 487 g/mol. The summed E-state index contributed by atoms with van der Waals surface area (Å²) in [4.78, 5) is 12.2. The molecule has 0 saturated carbocycles. The minimum absolute atomic E-state index is 0.0111. The van der Waals surface area contributed by atoms with Gasteiger partial charge in [-0.15, -0.1) is 0 Å². The molecule has 1 aromatic carbocycles. The van der Waals surface area contributed by atoms with E-state index in [2.05, 4.69) is 30.5 Å². The van der Waals surface area contributed by atoms with Crippen LogP contribution in [-0.4, -0.2) is 45.5 Å². The van der Waals surface area contributed by atoms with Crippen LogP contribution in [0.4, 0.5) is 30.5 Å². The SMILES string of the molecule is O=S(=O)(CC(F)(F)F)Nc1ccc(-c2cc(Nc3cnccn3)n[nH]2)cc1OCc1ccccn1. The highest BCUT2D eigenvalue weighted by atomic mass is 32.2. The molecule has 10 nitrogen and oxygen atoms in total. The summed E-state index contributed by atoms with van der Waals surface area (Å²) in [6.45, 7) is -0.0409. The molecule has 4 rings (SSSR count). The van der Waals surface area contributed by atoms with Crippen molar-refractivity contribution in [2.45, 2.75) is 12.8 Å². The molecular formula is C21H18F3N7O3S. The fourth-order valence-corrected chi connectivity index (χ4v) is 3.98. The number of alkyl halides is 3. The van der Waals surface area contributed by atoms with Gasteiger partial charge < -0.3 is 10.1 Å². The van der Waals surface area contributed by atoms with Crippen molar-refractivity contribution in [2.75, 3.05) is 15.8 Å². The zero-order valence-corrected chi connectivity index (χ0v) is 18.6. The number of anilines is 3. The first-order valence-corrected chi connectivity index (χ1v) is 11.6. The fraction of sp³-hybridized carbons (Fsp3) is 0.143. The van der Waals surface area contributed by atoms with Gasteiger partial charge in [-0.05, 0) is 24.3 Å². The van der Waals surface area contributed by atoms with Gasteiger partial charge in [0.2, 0.25) is 10.0 Å². The quantitative estimate of drug-likeness (QED) is 0.312. The Bertz CT molecular complexity index is 1380. The summed E-state index contributed by atoms with van der Waals surface area (Å²) in [7, 11) is -4.72. The van der Waals surface area contributed by atoms with Crippen LogP contribution in [0.5, 0.6) is 5.75 Å². The van der Waals surface area contributed by atoms with Crippen LogP contribution >= 0.6 is 0 Å². The molecule has 3 N–H and O–H groups in total. The monoisotopic (exact) mass is 505 g/mol. The van der Waals surface area contributed by atoms with E-state index >= 15 is 0 Å². The molecule has 4 aromatic rings. The molecule has 0 aliphatic heterocycles. The second kappa shape index (κ2) is 9.97. The van der Waals surface area contributed by atoms with Crippen molar-refractivity contribution in [3.05, 3.63) is 72.9 Å². The van der Waals surface area contributed by atoms with E-state index in [-0.39, 0.29) is 18.0 Å². The lowest BCUT2D eigenvalue weighted by Crippen LogP contribution is -2.28. The summed E-state index contributed by atoms with van der Waals surface area (Å²) >= 11 is 0. The van der Waals surface area contributed by atoms with E-state index in [4.69, 9.17) is 4.74 Å². The number of nitrogens with one attached hydrogen (secondary N) is 3. The number of hydrogen-bond donors (Lipinski definition) is 3. The number of H-pyrrole nitrogens is 1. The number of sulfonamides is 1. The van der Waals surface area contributed by atoms with Gasteiger partial charge in [-0.3, -0.25) is 19.8 Å². The Morgan fingerprint density at radius 2 is 1.86 bits per heavy atom. The predicted octanol–water partition coefficient (Wildman–Crippen LogP) is 3.89. The summed E-state index contributed by atoms with van der Waals surface area (Å²) < 4.78 is 69.8.